The molecule has 2 aliphatic rings. The molecular weight excluding hydrogens is 224 g/mol. The van der Waals surface area contributed by atoms with E-state index in [-0.39, 0.29) is 17.2 Å². The molecule has 0 radical (unpaired) electrons. The Morgan fingerprint density at radius 3 is 2.31 bits per heavy atom. The standard InChI is InChI=1S/C11H10N2O2S/c14-10-7-3-1-2-4-8(7)11(15)13(10)9-5-12-6-16-9/h1-4,9,12H,5-6H2/t9-/m1/s1. The van der Waals surface area contributed by atoms with Crippen molar-refractivity contribution in [3.05, 3.63) is 35.4 Å². The van der Waals surface area contributed by atoms with Crippen LogP contribution in [0.1, 0.15) is 20.7 Å². The molecule has 3 rings (SSSR count). The van der Waals surface area contributed by atoms with Crippen LogP contribution in [0, 0.1) is 0 Å². The number of hydrogen-bond acceptors (Lipinski definition) is 4. The molecule has 0 saturated carbocycles. The van der Waals surface area contributed by atoms with Crippen LogP contribution < -0.4 is 5.32 Å². The Balaban J connectivity index is 2.00. The molecule has 1 aromatic carbocycles. The van der Waals surface area contributed by atoms with Crippen LogP contribution >= 0.6 is 11.8 Å². The molecule has 0 spiro atoms. The molecule has 2 amide bonds. The highest BCUT2D eigenvalue weighted by molar-refractivity contribution is 8.00. The van der Waals surface area contributed by atoms with Gasteiger partial charge in [-0.2, -0.15) is 0 Å². The van der Waals surface area contributed by atoms with Gasteiger partial charge in [-0.1, -0.05) is 12.1 Å². The largest absolute Gasteiger partial charge is 0.305 e. The third kappa shape index (κ3) is 1.28. The van der Waals surface area contributed by atoms with Gasteiger partial charge in [-0.3, -0.25) is 14.5 Å². The Hall–Kier alpha value is -1.33. The molecule has 1 aromatic rings. The predicted octanol–water partition coefficient (Wildman–Crippen LogP) is 0.903. The van der Waals surface area contributed by atoms with Crippen LogP contribution in [0.2, 0.25) is 0 Å². The van der Waals surface area contributed by atoms with Crippen molar-refractivity contribution in [1.29, 1.82) is 0 Å². The lowest BCUT2D eigenvalue weighted by Gasteiger charge is -2.19. The van der Waals surface area contributed by atoms with E-state index in [2.05, 4.69) is 5.32 Å². The number of benzene rings is 1. The van der Waals surface area contributed by atoms with Gasteiger partial charge >= 0.3 is 0 Å². The van der Waals surface area contributed by atoms with E-state index < -0.39 is 0 Å². The third-order valence-electron chi connectivity index (χ3n) is 2.81. The second-order valence-corrected chi connectivity index (χ2v) is 4.91. The normalized spacial score (nSPS) is 24.0. The van der Waals surface area contributed by atoms with Gasteiger partial charge in [0, 0.05) is 12.4 Å². The predicted molar refractivity (Wildman–Crippen MR) is 61.2 cm³/mol. The minimum Gasteiger partial charge on any atom is -0.305 e. The van der Waals surface area contributed by atoms with E-state index in [0.717, 1.165) is 5.88 Å². The van der Waals surface area contributed by atoms with E-state index in [1.54, 1.807) is 36.0 Å². The Kier molecular flexibility index (Phi) is 2.22. The number of fused-ring (bicyclic) bond motifs is 1. The van der Waals surface area contributed by atoms with Gasteiger partial charge in [0.2, 0.25) is 0 Å². The maximum Gasteiger partial charge on any atom is 0.262 e. The molecule has 5 heteroatoms. The molecule has 1 atom stereocenters. The summed E-state index contributed by atoms with van der Waals surface area (Å²) in [7, 11) is 0. The van der Waals surface area contributed by atoms with E-state index >= 15 is 0 Å². The smallest absolute Gasteiger partial charge is 0.262 e. The van der Waals surface area contributed by atoms with Crippen molar-refractivity contribution >= 4 is 23.6 Å². The molecule has 2 heterocycles. The fraction of sp³-hybridized carbons (Fsp3) is 0.273. The molecule has 0 bridgehead atoms. The average Bonchev–Trinajstić information content (AvgIpc) is 2.89. The van der Waals surface area contributed by atoms with Crippen LogP contribution in [0.5, 0.6) is 0 Å². The van der Waals surface area contributed by atoms with Gasteiger partial charge in [-0.25, -0.2) is 0 Å². The van der Waals surface area contributed by atoms with Crippen molar-refractivity contribution in [2.75, 3.05) is 12.4 Å². The first-order valence-electron chi connectivity index (χ1n) is 5.08. The summed E-state index contributed by atoms with van der Waals surface area (Å²) in [6.45, 7) is 0.677. The fourth-order valence-corrected chi connectivity index (χ4v) is 3.04. The van der Waals surface area contributed by atoms with Gasteiger partial charge in [0.25, 0.3) is 11.8 Å². The molecule has 82 valence electrons. The Labute approximate surface area is 97.0 Å². The minimum atomic E-state index is -0.165. The molecule has 1 N–H and O–H groups in total. The van der Waals surface area contributed by atoms with Crippen LogP contribution in [-0.2, 0) is 0 Å². The van der Waals surface area contributed by atoms with Crippen molar-refractivity contribution in [2.24, 2.45) is 0 Å². The maximum absolute atomic E-state index is 12.1. The molecular formula is C11H10N2O2S. The minimum absolute atomic E-state index is 0.0626. The van der Waals surface area contributed by atoms with Crippen LogP contribution in [0.25, 0.3) is 0 Å². The molecule has 2 aliphatic heterocycles. The summed E-state index contributed by atoms with van der Waals surface area (Å²) >= 11 is 1.59. The van der Waals surface area contributed by atoms with Crippen molar-refractivity contribution < 1.29 is 9.59 Å². The molecule has 0 aliphatic carbocycles. The molecule has 1 fully saturated rings. The number of nitrogens with one attached hydrogen (secondary N) is 1. The zero-order valence-electron chi connectivity index (χ0n) is 8.47. The third-order valence-corrected chi connectivity index (χ3v) is 3.94. The molecule has 16 heavy (non-hydrogen) atoms. The highest BCUT2D eigenvalue weighted by Crippen LogP contribution is 2.29. The lowest BCUT2D eigenvalue weighted by atomic mass is 10.1. The first-order chi connectivity index (χ1) is 7.79. The van der Waals surface area contributed by atoms with E-state index in [4.69, 9.17) is 0 Å². The Bertz CT molecular complexity index is 434. The Morgan fingerprint density at radius 2 is 1.81 bits per heavy atom. The van der Waals surface area contributed by atoms with Gasteiger partial charge in [0.1, 0.15) is 0 Å². The molecule has 0 aromatic heterocycles. The number of rotatable bonds is 1. The summed E-state index contributed by atoms with van der Waals surface area (Å²) in [4.78, 5) is 25.5. The number of amides is 2. The average molecular weight is 234 g/mol. The number of nitrogens with zero attached hydrogens (tertiary/aromatic N) is 1. The lowest BCUT2D eigenvalue weighted by molar-refractivity contribution is 0.0641. The van der Waals surface area contributed by atoms with E-state index in [1.807, 2.05) is 0 Å². The van der Waals surface area contributed by atoms with Crippen LogP contribution in [0.3, 0.4) is 0 Å². The van der Waals surface area contributed by atoms with E-state index in [0.29, 0.717) is 17.7 Å². The summed E-state index contributed by atoms with van der Waals surface area (Å²) < 4.78 is 0. The summed E-state index contributed by atoms with van der Waals surface area (Å²) in [6, 6.07) is 6.99. The fourth-order valence-electron chi connectivity index (χ4n) is 2.03. The van der Waals surface area contributed by atoms with Gasteiger partial charge in [-0.05, 0) is 12.1 Å². The lowest BCUT2D eigenvalue weighted by Crippen LogP contribution is -2.39. The number of thioether (sulfide) groups is 1. The van der Waals surface area contributed by atoms with Gasteiger partial charge < -0.3 is 5.32 Å². The zero-order valence-corrected chi connectivity index (χ0v) is 9.29. The summed E-state index contributed by atoms with van der Waals surface area (Å²) in [5.41, 5.74) is 1.06. The van der Waals surface area contributed by atoms with Crippen molar-refractivity contribution in [2.45, 2.75) is 5.37 Å². The maximum atomic E-state index is 12.1. The molecule has 1 saturated heterocycles. The van der Waals surface area contributed by atoms with E-state index in [9.17, 15) is 9.59 Å². The first kappa shape index (κ1) is 9.86. The second-order valence-electron chi connectivity index (χ2n) is 3.75. The summed E-state index contributed by atoms with van der Waals surface area (Å²) in [5, 5.41) is 3.07. The summed E-state index contributed by atoms with van der Waals surface area (Å²) in [6.07, 6.45) is 0. The molecule has 4 nitrogen and oxygen atoms in total. The SMILES string of the molecule is O=C1c2ccccc2C(=O)N1[C@H]1CNCS1. The van der Waals surface area contributed by atoms with Crippen molar-refractivity contribution in [3.8, 4) is 0 Å². The monoisotopic (exact) mass is 234 g/mol. The Morgan fingerprint density at radius 1 is 1.19 bits per heavy atom. The van der Waals surface area contributed by atoms with Gasteiger partial charge in [0.15, 0.2) is 0 Å². The van der Waals surface area contributed by atoms with Gasteiger partial charge in [-0.15, -0.1) is 11.8 Å². The number of imide groups is 1. The van der Waals surface area contributed by atoms with Gasteiger partial charge in [0.05, 0.1) is 16.5 Å². The van der Waals surface area contributed by atoms with Crippen molar-refractivity contribution in [1.82, 2.24) is 10.2 Å². The zero-order chi connectivity index (χ0) is 11.1. The van der Waals surface area contributed by atoms with Crippen LogP contribution in [-0.4, -0.2) is 34.5 Å². The number of carbonyl (C=O) groups excluding carboxylic acids is 2. The topological polar surface area (TPSA) is 49.4 Å². The summed E-state index contributed by atoms with van der Waals surface area (Å²) in [5.74, 6) is 0.460. The van der Waals surface area contributed by atoms with Crippen LogP contribution in [0.4, 0.5) is 0 Å². The first-order valence-corrected chi connectivity index (χ1v) is 6.13. The second kappa shape index (κ2) is 3.61. The van der Waals surface area contributed by atoms with Crippen molar-refractivity contribution in [3.63, 3.8) is 0 Å². The number of carbonyl (C=O) groups is 2. The molecule has 0 unspecified atom stereocenters. The highest BCUT2D eigenvalue weighted by atomic mass is 32.2. The van der Waals surface area contributed by atoms with E-state index in [1.165, 1.54) is 4.90 Å². The number of hydrogen-bond donors (Lipinski definition) is 1. The highest BCUT2D eigenvalue weighted by Gasteiger charge is 2.40. The quantitative estimate of drug-likeness (QED) is 0.734. The van der Waals surface area contributed by atoms with Crippen LogP contribution in [0.15, 0.2) is 24.3 Å².